The summed E-state index contributed by atoms with van der Waals surface area (Å²) in [6.07, 6.45) is 2.83. The third-order valence-corrected chi connectivity index (χ3v) is 6.27. The average Bonchev–Trinajstić information content (AvgIpc) is 3.33. The molecule has 2 aliphatic heterocycles. The van der Waals surface area contributed by atoms with Gasteiger partial charge in [0.2, 0.25) is 0 Å². The largest absolute Gasteiger partial charge is 0.495 e. The van der Waals surface area contributed by atoms with Gasteiger partial charge in [-0.2, -0.15) is 17.6 Å². The smallest absolute Gasteiger partial charge is 0.300 e. The molecule has 2 aromatic rings. The van der Waals surface area contributed by atoms with Crippen molar-refractivity contribution >= 4 is 22.1 Å². The summed E-state index contributed by atoms with van der Waals surface area (Å²) in [5, 5.41) is 14.1. The number of hydrogen-bond donors (Lipinski definition) is 1. The van der Waals surface area contributed by atoms with Gasteiger partial charge in [-0.15, -0.1) is 0 Å². The first-order chi connectivity index (χ1) is 14.3. The summed E-state index contributed by atoms with van der Waals surface area (Å²) in [5.41, 5.74) is 0.595. The standard InChI is InChI=1S/C18H18FN5O5S/c1-29-12-4-5-15(21-7-12)30(27,28)24-9-11-8-23(10-14(11)22-24)18(26)17(25)16-13(19)3-2-6-20-16/h4-7,9,17,25H,2-3,8,10H2,1H3/t17-/m0/s1. The molecule has 0 saturated carbocycles. The van der Waals surface area contributed by atoms with Crippen molar-refractivity contribution in [3.8, 4) is 5.75 Å². The molecule has 2 aliphatic rings. The number of methoxy groups -OCH3 is 1. The van der Waals surface area contributed by atoms with Crippen LogP contribution in [0.15, 0.2) is 46.1 Å². The van der Waals surface area contributed by atoms with E-state index in [9.17, 15) is 22.7 Å². The number of aliphatic hydroxyl groups excluding tert-OH is 1. The number of fused-ring (bicyclic) bond motifs is 1. The molecular weight excluding hydrogens is 417 g/mol. The van der Waals surface area contributed by atoms with Crippen LogP contribution in [0, 0.1) is 0 Å². The van der Waals surface area contributed by atoms with Gasteiger partial charge in [0.15, 0.2) is 11.1 Å². The molecule has 1 atom stereocenters. The number of hydrogen-bond acceptors (Lipinski definition) is 8. The van der Waals surface area contributed by atoms with Crippen LogP contribution in [0.25, 0.3) is 0 Å². The van der Waals surface area contributed by atoms with Gasteiger partial charge in [-0.25, -0.2) is 9.37 Å². The van der Waals surface area contributed by atoms with E-state index < -0.39 is 27.9 Å². The maximum Gasteiger partial charge on any atom is 0.300 e. The molecule has 4 heterocycles. The first-order valence-corrected chi connectivity index (χ1v) is 10.5. The number of aliphatic hydroxyl groups is 1. The number of carbonyl (C=O) groups excluding carboxylic acids is 1. The summed E-state index contributed by atoms with van der Waals surface area (Å²) < 4.78 is 45.1. The van der Waals surface area contributed by atoms with E-state index in [1.807, 2.05) is 0 Å². The Hall–Kier alpha value is -3.12. The van der Waals surface area contributed by atoms with Gasteiger partial charge in [0.05, 0.1) is 25.5 Å². The Labute approximate surface area is 171 Å². The number of ether oxygens (including phenoxy) is 1. The molecule has 4 rings (SSSR count). The van der Waals surface area contributed by atoms with Crippen LogP contribution in [0.1, 0.15) is 24.1 Å². The first-order valence-electron chi connectivity index (χ1n) is 9.02. The lowest BCUT2D eigenvalue weighted by molar-refractivity contribution is -0.139. The van der Waals surface area contributed by atoms with Crippen LogP contribution in [0.2, 0.25) is 0 Å². The van der Waals surface area contributed by atoms with Gasteiger partial charge >= 0.3 is 0 Å². The molecule has 0 aliphatic carbocycles. The minimum Gasteiger partial charge on any atom is -0.495 e. The van der Waals surface area contributed by atoms with Crippen LogP contribution < -0.4 is 4.74 Å². The summed E-state index contributed by atoms with van der Waals surface area (Å²) in [4.78, 5) is 21.5. The van der Waals surface area contributed by atoms with Crippen LogP contribution in [0.3, 0.4) is 0 Å². The fourth-order valence-corrected chi connectivity index (χ4v) is 4.29. The molecule has 0 unspecified atom stereocenters. The van der Waals surface area contributed by atoms with E-state index in [-0.39, 0.29) is 30.2 Å². The van der Waals surface area contributed by atoms with Gasteiger partial charge in [0, 0.05) is 30.9 Å². The Bertz CT molecular complexity index is 1130. The lowest BCUT2D eigenvalue weighted by Crippen LogP contribution is -2.37. The second kappa shape index (κ2) is 7.61. The Morgan fingerprint density at radius 1 is 1.33 bits per heavy atom. The van der Waals surface area contributed by atoms with E-state index >= 15 is 0 Å². The second-order valence-electron chi connectivity index (χ2n) is 6.75. The highest BCUT2D eigenvalue weighted by atomic mass is 32.2. The number of amides is 1. The molecule has 1 amide bonds. The first kappa shape index (κ1) is 20.2. The second-order valence-corrected chi connectivity index (χ2v) is 8.49. The number of nitrogens with zero attached hydrogens (tertiary/aromatic N) is 5. The highest BCUT2D eigenvalue weighted by Gasteiger charge is 2.35. The van der Waals surface area contributed by atoms with Gasteiger partial charge in [0.1, 0.15) is 17.3 Å². The highest BCUT2D eigenvalue weighted by molar-refractivity contribution is 7.89. The molecule has 0 aromatic carbocycles. The Balaban J connectivity index is 1.51. The molecule has 0 radical (unpaired) electrons. The maximum atomic E-state index is 13.9. The van der Waals surface area contributed by atoms with E-state index in [2.05, 4.69) is 15.1 Å². The Kier molecular flexibility index (Phi) is 5.12. The van der Waals surface area contributed by atoms with Crippen LogP contribution in [-0.4, -0.2) is 57.9 Å². The predicted molar refractivity (Wildman–Crippen MR) is 102 cm³/mol. The van der Waals surface area contributed by atoms with Crippen LogP contribution in [-0.2, 0) is 27.9 Å². The van der Waals surface area contributed by atoms with Crippen molar-refractivity contribution in [2.45, 2.75) is 37.1 Å². The zero-order valence-electron chi connectivity index (χ0n) is 15.9. The Morgan fingerprint density at radius 2 is 2.13 bits per heavy atom. The molecule has 0 bridgehead atoms. The minimum atomic E-state index is -4.01. The van der Waals surface area contributed by atoms with Crippen LogP contribution in [0.5, 0.6) is 5.75 Å². The summed E-state index contributed by atoms with van der Waals surface area (Å²) in [6.45, 7) is 0.0256. The van der Waals surface area contributed by atoms with Gasteiger partial charge in [-0.05, 0) is 18.6 Å². The number of rotatable bonds is 5. The molecule has 10 nitrogen and oxygen atoms in total. The minimum absolute atomic E-state index is 0.0115. The molecule has 12 heteroatoms. The predicted octanol–water partition coefficient (Wildman–Crippen LogP) is 0.772. The monoisotopic (exact) mass is 435 g/mol. The van der Waals surface area contributed by atoms with Gasteiger partial charge in [-0.1, -0.05) is 0 Å². The third-order valence-electron chi connectivity index (χ3n) is 4.82. The fourth-order valence-electron chi connectivity index (χ4n) is 3.20. The van der Waals surface area contributed by atoms with Crippen molar-refractivity contribution in [1.29, 1.82) is 0 Å². The van der Waals surface area contributed by atoms with Crippen molar-refractivity contribution in [3.05, 3.63) is 47.3 Å². The lowest BCUT2D eigenvalue weighted by atomic mass is 10.1. The number of aromatic nitrogens is 3. The molecule has 158 valence electrons. The lowest BCUT2D eigenvalue weighted by Gasteiger charge is -2.21. The maximum absolute atomic E-state index is 13.9. The number of carbonyl (C=O) groups is 1. The van der Waals surface area contributed by atoms with E-state index in [1.165, 1.54) is 42.8 Å². The van der Waals surface area contributed by atoms with Crippen LogP contribution >= 0.6 is 0 Å². The summed E-state index contributed by atoms with van der Waals surface area (Å²) >= 11 is 0. The number of halogens is 1. The van der Waals surface area contributed by atoms with Gasteiger partial charge < -0.3 is 14.7 Å². The zero-order valence-corrected chi connectivity index (χ0v) is 16.7. The number of aliphatic imine (C=N–C) groups is 1. The molecule has 1 N–H and O–H groups in total. The fraction of sp³-hybridized carbons (Fsp3) is 0.333. The number of pyridine rings is 1. The molecule has 0 spiro atoms. The topological polar surface area (TPSA) is 127 Å². The summed E-state index contributed by atoms with van der Waals surface area (Å²) in [6, 6.07) is 2.78. The van der Waals surface area contributed by atoms with E-state index in [4.69, 9.17) is 4.74 Å². The molecule has 30 heavy (non-hydrogen) atoms. The molecule has 2 aromatic heterocycles. The zero-order chi connectivity index (χ0) is 21.5. The van der Waals surface area contributed by atoms with Crippen molar-refractivity contribution in [1.82, 2.24) is 19.1 Å². The van der Waals surface area contributed by atoms with E-state index in [0.29, 0.717) is 23.4 Å². The highest BCUT2D eigenvalue weighted by Crippen LogP contribution is 2.27. The normalized spacial score (nSPS) is 17.2. The SMILES string of the molecule is COc1ccc(S(=O)(=O)n2cc3c(n2)CN(C(=O)[C@@H](O)C2=C(F)CCC=N2)C3)nc1. The molecule has 0 saturated heterocycles. The average molecular weight is 435 g/mol. The van der Waals surface area contributed by atoms with Crippen molar-refractivity contribution in [3.63, 3.8) is 0 Å². The van der Waals surface area contributed by atoms with E-state index in [1.54, 1.807) is 0 Å². The van der Waals surface area contributed by atoms with Gasteiger partial charge in [-0.3, -0.25) is 9.79 Å². The van der Waals surface area contributed by atoms with Crippen molar-refractivity contribution in [2.75, 3.05) is 7.11 Å². The van der Waals surface area contributed by atoms with E-state index in [0.717, 1.165) is 4.09 Å². The van der Waals surface area contributed by atoms with Crippen molar-refractivity contribution in [2.24, 2.45) is 4.99 Å². The Morgan fingerprint density at radius 3 is 2.77 bits per heavy atom. The summed E-state index contributed by atoms with van der Waals surface area (Å²) in [7, 11) is -2.57. The quantitative estimate of drug-likeness (QED) is 0.735. The van der Waals surface area contributed by atoms with Crippen molar-refractivity contribution < 1.29 is 27.4 Å². The van der Waals surface area contributed by atoms with Gasteiger partial charge in [0.25, 0.3) is 15.9 Å². The molecular formula is C18H18FN5O5S. The van der Waals surface area contributed by atoms with Crippen LogP contribution in [0.4, 0.5) is 4.39 Å². The number of allylic oxidation sites excluding steroid dienone is 1. The molecule has 0 fully saturated rings. The third kappa shape index (κ3) is 3.48. The summed E-state index contributed by atoms with van der Waals surface area (Å²) in [5.74, 6) is -0.916.